The van der Waals surface area contributed by atoms with Crippen LogP contribution in [0.15, 0.2) is 0 Å². The third-order valence-corrected chi connectivity index (χ3v) is 5.23. The molecule has 1 saturated carbocycles. The van der Waals surface area contributed by atoms with E-state index in [2.05, 4.69) is 50.6 Å². The van der Waals surface area contributed by atoms with Crippen LogP contribution in [0.2, 0.25) is 0 Å². The van der Waals surface area contributed by atoms with Gasteiger partial charge in [0.15, 0.2) is 0 Å². The van der Waals surface area contributed by atoms with Crippen LogP contribution in [0.5, 0.6) is 0 Å². The first kappa shape index (κ1) is 16.8. The van der Waals surface area contributed by atoms with E-state index in [-0.39, 0.29) is 0 Å². The second-order valence-corrected chi connectivity index (χ2v) is 7.38. The van der Waals surface area contributed by atoms with Gasteiger partial charge in [-0.3, -0.25) is 9.80 Å². The number of hydrogen-bond donors (Lipinski definition) is 1. The zero-order chi connectivity index (χ0) is 16.4. The van der Waals surface area contributed by atoms with Crippen LogP contribution in [-0.2, 0) is 13.6 Å². The Hall–Kier alpha value is -1.02. The number of piperazine rings is 1. The number of hydrogen-bond acceptors (Lipinski definition) is 6. The zero-order valence-corrected chi connectivity index (χ0v) is 14.8. The molecule has 23 heavy (non-hydrogen) atoms. The molecule has 7 nitrogen and oxygen atoms in total. The molecule has 2 N–H and O–H groups in total. The summed E-state index contributed by atoms with van der Waals surface area (Å²) in [4.78, 5) is 7.29. The molecule has 0 bridgehead atoms. The van der Waals surface area contributed by atoms with Crippen LogP contribution in [0.3, 0.4) is 0 Å². The quantitative estimate of drug-likeness (QED) is 0.776. The van der Waals surface area contributed by atoms with E-state index in [0.717, 1.165) is 70.3 Å². The van der Waals surface area contributed by atoms with Crippen molar-refractivity contribution in [2.24, 2.45) is 12.8 Å². The van der Waals surface area contributed by atoms with Gasteiger partial charge in [-0.05, 0) is 26.9 Å². The topological polar surface area (TPSA) is 66.4 Å². The van der Waals surface area contributed by atoms with Crippen molar-refractivity contribution in [3.8, 4) is 0 Å². The molecule has 2 aliphatic rings. The van der Waals surface area contributed by atoms with Crippen molar-refractivity contribution in [1.82, 2.24) is 29.5 Å². The summed E-state index contributed by atoms with van der Waals surface area (Å²) < 4.78 is 2.19. The number of nitrogens with zero attached hydrogens (tertiary/aromatic N) is 6. The standard InChI is InChI=1S/C16H31N7/c1-20(2)4-5-22-6-8-23(9-7-22)12-15-18-19-16(21(15)3)13-10-14(17)11-13/h13-14H,4-12,17H2,1-3H3. The summed E-state index contributed by atoms with van der Waals surface area (Å²) in [7, 11) is 6.37. The van der Waals surface area contributed by atoms with Gasteiger partial charge in [-0.15, -0.1) is 10.2 Å². The predicted molar refractivity (Wildman–Crippen MR) is 91.2 cm³/mol. The Morgan fingerprint density at radius 1 is 1.09 bits per heavy atom. The Kier molecular flexibility index (Phi) is 5.31. The molecule has 0 spiro atoms. The number of rotatable bonds is 6. The largest absolute Gasteiger partial charge is 0.328 e. The molecule has 1 aromatic heterocycles. The van der Waals surface area contributed by atoms with E-state index in [1.54, 1.807) is 0 Å². The summed E-state index contributed by atoms with van der Waals surface area (Å²) in [6.07, 6.45) is 2.10. The smallest absolute Gasteiger partial charge is 0.146 e. The average Bonchev–Trinajstić information content (AvgIpc) is 2.84. The van der Waals surface area contributed by atoms with Gasteiger partial charge in [-0.1, -0.05) is 0 Å². The van der Waals surface area contributed by atoms with Gasteiger partial charge in [0.25, 0.3) is 0 Å². The SMILES string of the molecule is CN(C)CCN1CCN(Cc2nnc(C3CC(N)C3)n2C)CC1. The van der Waals surface area contributed by atoms with Gasteiger partial charge in [0.2, 0.25) is 0 Å². The molecule has 0 unspecified atom stereocenters. The van der Waals surface area contributed by atoms with Crippen LogP contribution >= 0.6 is 0 Å². The molecular formula is C16H31N7. The lowest BCUT2D eigenvalue weighted by Crippen LogP contribution is -2.47. The molecule has 130 valence electrons. The van der Waals surface area contributed by atoms with Gasteiger partial charge in [-0.25, -0.2) is 0 Å². The number of aromatic nitrogens is 3. The highest BCUT2D eigenvalue weighted by atomic mass is 15.3. The monoisotopic (exact) mass is 321 g/mol. The van der Waals surface area contributed by atoms with Crippen LogP contribution in [0, 0.1) is 0 Å². The van der Waals surface area contributed by atoms with E-state index in [1.165, 1.54) is 0 Å². The minimum absolute atomic E-state index is 0.357. The summed E-state index contributed by atoms with van der Waals surface area (Å²) in [6, 6.07) is 0.357. The van der Waals surface area contributed by atoms with Crippen LogP contribution in [0.4, 0.5) is 0 Å². The highest BCUT2D eigenvalue weighted by molar-refractivity contribution is 5.08. The maximum absolute atomic E-state index is 5.90. The maximum Gasteiger partial charge on any atom is 0.146 e. The lowest BCUT2D eigenvalue weighted by molar-refractivity contribution is 0.117. The molecule has 2 fully saturated rings. The Labute approximate surface area is 139 Å². The van der Waals surface area contributed by atoms with E-state index in [9.17, 15) is 0 Å². The maximum atomic E-state index is 5.90. The highest BCUT2D eigenvalue weighted by Crippen LogP contribution is 2.34. The Bertz CT molecular complexity index is 499. The van der Waals surface area contributed by atoms with Gasteiger partial charge < -0.3 is 15.2 Å². The number of likely N-dealkylation sites (N-methyl/N-ethyl adjacent to an activating group) is 1. The molecule has 0 atom stereocenters. The summed E-state index contributed by atoms with van der Waals surface area (Å²) in [5.74, 6) is 2.72. The Balaban J connectivity index is 1.47. The zero-order valence-electron chi connectivity index (χ0n) is 14.8. The van der Waals surface area contributed by atoms with Gasteiger partial charge in [-0.2, -0.15) is 0 Å². The fraction of sp³-hybridized carbons (Fsp3) is 0.875. The van der Waals surface area contributed by atoms with Crippen molar-refractivity contribution in [2.45, 2.75) is 31.3 Å². The highest BCUT2D eigenvalue weighted by Gasteiger charge is 2.31. The summed E-state index contributed by atoms with van der Waals surface area (Å²) >= 11 is 0. The second-order valence-electron chi connectivity index (χ2n) is 7.38. The molecule has 3 rings (SSSR count). The van der Waals surface area contributed by atoms with E-state index in [0.29, 0.717) is 12.0 Å². The number of nitrogens with two attached hydrogens (primary N) is 1. The van der Waals surface area contributed by atoms with Crippen LogP contribution in [0.25, 0.3) is 0 Å². The molecule has 0 amide bonds. The molecule has 7 heteroatoms. The molecular weight excluding hydrogens is 290 g/mol. The first-order chi connectivity index (χ1) is 11.0. The summed E-state index contributed by atoms with van der Waals surface area (Å²) in [5.41, 5.74) is 5.90. The first-order valence-electron chi connectivity index (χ1n) is 8.76. The average molecular weight is 321 g/mol. The first-order valence-corrected chi connectivity index (χ1v) is 8.76. The predicted octanol–water partition coefficient (Wildman–Crippen LogP) is -0.301. The van der Waals surface area contributed by atoms with Gasteiger partial charge in [0.05, 0.1) is 6.54 Å². The van der Waals surface area contributed by atoms with Gasteiger partial charge in [0, 0.05) is 58.3 Å². The van der Waals surface area contributed by atoms with Crippen molar-refractivity contribution in [3.63, 3.8) is 0 Å². The van der Waals surface area contributed by atoms with Crippen molar-refractivity contribution in [1.29, 1.82) is 0 Å². The fourth-order valence-electron chi connectivity index (χ4n) is 3.45. The molecule has 0 radical (unpaired) electrons. The van der Waals surface area contributed by atoms with Crippen LogP contribution < -0.4 is 5.73 Å². The minimum atomic E-state index is 0.357. The second kappa shape index (κ2) is 7.25. The van der Waals surface area contributed by atoms with Crippen molar-refractivity contribution in [3.05, 3.63) is 11.6 Å². The fourth-order valence-corrected chi connectivity index (χ4v) is 3.45. The molecule has 1 aliphatic carbocycles. The molecule has 0 aromatic carbocycles. The molecule has 1 saturated heterocycles. The normalized spacial score (nSPS) is 26.7. The minimum Gasteiger partial charge on any atom is -0.328 e. The van der Waals surface area contributed by atoms with Crippen LogP contribution in [-0.4, -0.2) is 88.9 Å². The third kappa shape index (κ3) is 4.09. The lowest BCUT2D eigenvalue weighted by Gasteiger charge is -2.35. The Morgan fingerprint density at radius 3 is 2.35 bits per heavy atom. The van der Waals surface area contributed by atoms with E-state index >= 15 is 0 Å². The third-order valence-electron chi connectivity index (χ3n) is 5.23. The Morgan fingerprint density at radius 2 is 1.74 bits per heavy atom. The van der Waals surface area contributed by atoms with E-state index < -0.39 is 0 Å². The van der Waals surface area contributed by atoms with Crippen molar-refractivity contribution < 1.29 is 0 Å². The van der Waals surface area contributed by atoms with Gasteiger partial charge >= 0.3 is 0 Å². The van der Waals surface area contributed by atoms with Crippen molar-refractivity contribution >= 4 is 0 Å². The van der Waals surface area contributed by atoms with E-state index in [4.69, 9.17) is 5.73 Å². The molecule has 1 aliphatic heterocycles. The molecule has 1 aromatic rings. The lowest BCUT2D eigenvalue weighted by atomic mass is 9.80. The summed E-state index contributed by atoms with van der Waals surface area (Å²) in [5, 5.41) is 8.84. The van der Waals surface area contributed by atoms with Crippen molar-refractivity contribution in [2.75, 3.05) is 53.4 Å². The van der Waals surface area contributed by atoms with Crippen LogP contribution in [0.1, 0.15) is 30.4 Å². The van der Waals surface area contributed by atoms with Gasteiger partial charge in [0.1, 0.15) is 11.6 Å². The van der Waals surface area contributed by atoms with E-state index in [1.807, 2.05) is 0 Å². The molecule has 2 heterocycles. The summed E-state index contributed by atoms with van der Waals surface area (Å²) in [6.45, 7) is 7.73.